The molecule has 3 rings (SSSR count). The molecule has 1 fully saturated rings. The molecule has 2 aromatic rings. The predicted octanol–water partition coefficient (Wildman–Crippen LogP) is 4.37. The molecule has 5 nitrogen and oxygen atoms in total. The third kappa shape index (κ3) is 3.16. The van der Waals surface area contributed by atoms with Crippen LogP contribution in [-0.4, -0.2) is 22.6 Å². The van der Waals surface area contributed by atoms with Gasteiger partial charge in [0.05, 0.1) is 11.7 Å². The second kappa shape index (κ2) is 6.52. The van der Waals surface area contributed by atoms with Crippen molar-refractivity contribution in [2.45, 2.75) is 32.2 Å². The van der Waals surface area contributed by atoms with Crippen LogP contribution in [0.4, 0.5) is 10.5 Å². The summed E-state index contributed by atoms with van der Waals surface area (Å²) in [5.74, 6) is 0.778. The SMILES string of the molecule is CCc1cc(C2CCCN2C(=O)Nc2ccc(Br)cc2)on1. The van der Waals surface area contributed by atoms with Crippen LogP contribution >= 0.6 is 15.9 Å². The fourth-order valence-electron chi connectivity index (χ4n) is 2.69. The maximum absolute atomic E-state index is 12.5. The molecule has 0 bridgehead atoms. The first-order valence-corrected chi connectivity index (χ1v) is 8.25. The van der Waals surface area contributed by atoms with E-state index in [2.05, 4.69) is 26.4 Å². The lowest BCUT2D eigenvalue weighted by molar-refractivity contribution is 0.195. The highest BCUT2D eigenvalue weighted by molar-refractivity contribution is 9.10. The minimum atomic E-state index is -0.0979. The molecule has 1 aromatic carbocycles. The summed E-state index contributed by atoms with van der Waals surface area (Å²) in [6, 6.07) is 9.38. The fourth-order valence-corrected chi connectivity index (χ4v) is 2.95. The molecule has 1 unspecified atom stereocenters. The van der Waals surface area contributed by atoms with E-state index in [1.165, 1.54) is 0 Å². The highest BCUT2D eigenvalue weighted by atomic mass is 79.9. The summed E-state index contributed by atoms with van der Waals surface area (Å²) < 4.78 is 6.39. The molecule has 0 saturated carbocycles. The van der Waals surface area contributed by atoms with Crippen molar-refractivity contribution in [3.8, 4) is 0 Å². The average Bonchev–Trinajstić information content (AvgIpc) is 3.17. The molecule has 0 spiro atoms. The number of nitrogens with one attached hydrogen (secondary N) is 1. The van der Waals surface area contributed by atoms with E-state index < -0.39 is 0 Å². The zero-order valence-electron chi connectivity index (χ0n) is 12.4. The fraction of sp³-hybridized carbons (Fsp3) is 0.375. The molecule has 0 aliphatic carbocycles. The van der Waals surface area contributed by atoms with Gasteiger partial charge < -0.3 is 14.7 Å². The van der Waals surface area contributed by atoms with Crippen LogP contribution in [0.5, 0.6) is 0 Å². The largest absolute Gasteiger partial charge is 0.359 e. The van der Waals surface area contributed by atoms with Crippen molar-refractivity contribution in [1.29, 1.82) is 0 Å². The van der Waals surface area contributed by atoms with E-state index in [1.807, 2.05) is 42.2 Å². The van der Waals surface area contributed by atoms with Gasteiger partial charge in [-0.15, -0.1) is 0 Å². The van der Waals surface area contributed by atoms with Crippen LogP contribution in [0.3, 0.4) is 0 Å². The van der Waals surface area contributed by atoms with Crippen molar-refractivity contribution in [2.24, 2.45) is 0 Å². The zero-order chi connectivity index (χ0) is 15.5. The van der Waals surface area contributed by atoms with Crippen molar-refractivity contribution < 1.29 is 9.32 Å². The minimum Gasteiger partial charge on any atom is -0.359 e. The Bertz CT molecular complexity index is 654. The Morgan fingerprint density at radius 2 is 2.23 bits per heavy atom. The molecule has 1 saturated heterocycles. The van der Waals surface area contributed by atoms with Crippen molar-refractivity contribution in [2.75, 3.05) is 11.9 Å². The number of aromatic nitrogens is 1. The van der Waals surface area contributed by atoms with Crippen molar-refractivity contribution in [3.63, 3.8) is 0 Å². The number of urea groups is 1. The lowest BCUT2D eigenvalue weighted by Gasteiger charge is -2.23. The van der Waals surface area contributed by atoms with E-state index in [-0.39, 0.29) is 12.1 Å². The zero-order valence-corrected chi connectivity index (χ0v) is 14.0. The Kier molecular flexibility index (Phi) is 4.47. The van der Waals surface area contributed by atoms with Gasteiger partial charge in [0.25, 0.3) is 0 Å². The first-order chi connectivity index (χ1) is 10.7. The van der Waals surface area contributed by atoms with Crippen LogP contribution in [-0.2, 0) is 6.42 Å². The normalized spacial score (nSPS) is 17.7. The quantitative estimate of drug-likeness (QED) is 0.880. The maximum Gasteiger partial charge on any atom is 0.322 e. The van der Waals surface area contributed by atoms with Gasteiger partial charge in [-0.3, -0.25) is 0 Å². The molecule has 1 aliphatic heterocycles. The number of aryl methyl sites for hydroxylation is 1. The molecule has 22 heavy (non-hydrogen) atoms. The summed E-state index contributed by atoms with van der Waals surface area (Å²) in [5, 5.41) is 6.96. The van der Waals surface area contributed by atoms with Gasteiger partial charge in [-0.25, -0.2) is 4.79 Å². The van der Waals surface area contributed by atoms with E-state index >= 15 is 0 Å². The Hall–Kier alpha value is -1.82. The monoisotopic (exact) mass is 363 g/mol. The Morgan fingerprint density at radius 3 is 2.91 bits per heavy atom. The number of likely N-dealkylation sites (tertiary alicyclic amines) is 1. The van der Waals surface area contributed by atoms with Gasteiger partial charge in [0.1, 0.15) is 0 Å². The van der Waals surface area contributed by atoms with Crippen LogP contribution in [0.2, 0.25) is 0 Å². The average molecular weight is 364 g/mol. The minimum absolute atomic E-state index is 0.0248. The number of hydrogen-bond donors (Lipinski definition) is 1. The van der Waals surface area contributed by atoms with E-state index in [0.29, 0.717) is 0 Å². The number of benzene rings is 1. The Balaban J connectivity index is 1.72. The second-order valence-electron chi connectivity index (χ2n) is 5.36. The third-order valence-electron chi connectivity index (χ3n) is 3.88. The number of nitrogens with zero attached hydrogens (tertiary/aromatic N) is 2. The number of hydrogen-bond acceptors (Lipinski definition) is 3. The molecule has 0 radical (unpaired) electrons. The first-order valence-electron chi connectivity index (χ1n) is 7.46. The second-order valence-corrected chi connectivity index (χ2v) is 6.28. The highest BCUT2D eigenvalue weighted by Gasteiger charge is 2.32. The standard InChI is InChI=1S/C16H18BrN3O2/c1-2-12-10-15(22-19-12)14-4-3-9-20(14)16(21)18-13-7-5-11(17)6-8-13/h5-8,10,14H,2-4,9H2,1H3,(H,18,21). The summed E-state index contributed by atoms with van der Waals surface area (Å²) in [6.07, 6.45) is 2.72. The summed E-state index contributed by atoms with van der Waals surface area (Å²) in [4.78, 5) is 14.3. The summed E-state index contributed by atoms with van der Waals surface area (Å²) in [7, 11) is 0. The third-order valence-corrected chi connectivity index (χ3v) is 4.41. The van der Waals surface area contributed by atoms with E-state index in [4.69, 9.17) is 4.52 Å². The molecular weight excluding hydrogens is 346 g/mol. The van der Waals surface area contributed by atoms with Crippen LogP contribution < -0.4 is 5.32 Å². The van der Waals surface area contributed by atoms with Crippen molar-refractivity contribution >= 4 is 27.6 Å². The summed E-state index contributed by atoms with van der Waals surface area (Å²) >= 11 is 3.38. The van der Waals surface area contributed by atoms with Crippen LogP contribution in [0.1, 0.15) is 37.3 Å². The van der Waals surface area contributed by atoms with Gasteiger partial charge in [-0.2, -0.15) is 0 Å². The molecule has 1 N–H and O–H groups in total. The molecule has 1 atom stereocenters. The van der Waals surface area contributed by atoms with Gasteiger partial charge >= 0.3 is 6.03 Å². The summed E-state index contributed by atoms with van der Waals surface area (Å²) in [6.45, 7) is 2.77. The van der Waals surface area contributed by atoms with Crippen LogP contribution in [0.15, 0.2) is 39.3 Å². The van der Waals surface area contributed by atoms with Gasteiger partial charge in [-0.05, 0) is 43.5 Å². The number of halogens is 1. The molecule has 116 valence electrons. The van der Waals surface area contributed by atoms with Crippen LogP contribution in [0, 0.1) is 0 Å². The van der Waals surface area contributed by atoms with E-state index in [1.54, 1.807) is 0 Å². The Morgan fingerprint density at radius 1 is 1.45 bits per heavy atom. The topological polar surface area (TPSA) is 58.4 Å². The van der Waals surface area contributed by atoms with E-state index in [9.17, 15) is 4.79 Å². The predicted molar refractivity (Wildman–Crippen MR) is 87.7 cm³/mol. The van der Waals surface area contributed by atoms with Crippen molar-refractivity contribution in [3.05, 3.63) is 46.3 Å². The first kappa shape index (κ1) is 15.1. The molecule has 2 heterocycles. The van der Waals surface area contributed by atoms with Gasteiger partial charge in [-0.1, -0.05) is 28.0 Å². The lowest BCUT2D eigenvalue weighted by atomic mass is 10.1. The molecule has 2 amide bonds. The Labute approximate surface area is 137 Å². The highest BCUT2D eigenvalue weighted by Crippen LogP contribution is 2.32. The van der Waals surface area contributed by atoms with Crippen LogP contribution in [0.25, 0.3) is 0 Å². The van der Waals surface area contributed by atoms with E-state index in [0.717, 1.165) is 47.4 Å². The van der Waals surface area contributed by atoms with Crippen molar-refractivity contribution in [1.82, 2.24) is 10.1 Å². The smallest absolute Gasteiger partial charge is 0.322 e. The molecular formula is C16H18BrN3O2. The maximum atomic E-state index is 12.5. The van der Waals surface area contributed by atoms with Gasteiger partial charge in [0, 0.05) is 22.8 Å². The van der Waals surface area contributed by atoms with Gasteiger partial charge in [0.15, 0.2) is 5.76 Å². The molecule has 6 heteroatoms. The molecule has 1 aromatic heterocycles. The number of anilines is 1. The number of carbonyl (C=O) groups excluding carboxylic acids is 1. The lowest BCUT2D eigenvalue weighted by Crippen LogP contribution is -2.34. The molecule has 1 aliphatic rings. The van der Waals surface area contributed by atoms with Gasteiger partial charge in [0.2, 0.25) is 0 Å². The number of rotatable bonds is 3. The summed E-state index contributed by atoms with van der Waals surface area (Å²) in [5.41, 5.74) is 1.71. The number of amides is 2. The number of carbonyl (C=O) groups is 1.